The number of benzene rings is 1. The van der Waals surface area contributed by atoms with E-state index in [0.29, 0.717) is 0 Å². The third-order valence-corrected chi connectivity index (χ3v) is 2.35. The first kappa shape index (κ1) is 11.5. The number of alkyl halides is 1. The zero-order valence-corrected chi connectivity index (χ0v) is 9.54. The second-order valence-electron chi connectivity index (χ2n) is 2.74. The van der Waals surface area contributed by atoms with Gasteiger partial charge >= 0.3 is 0 Å². The van der Waals surface area contributed by atoms with Gasteiger partial charge < -0.3 is 9.84 Å². The number of nitrogens with zero attached hydrogens (tertiary/aromatic N) is 1. The number of hydrogen-bond acceptors (Lipinski definition) is 4. The van der Waals surface area contributed by atoms with Gasteiger partial charge in [0.05, 0.1) is 18.0 Å². The van der Waals surface area contributed by atoms with Gasteiger partial charge in [-0.05, 0) is 12.1 Å². The van der Waals surface area contributed by atoms with Gasteiger partial charge in [-0.15, -0.1) is 0 Å². The molecular formula is C10H8BrNO3. The van der Waals surface area contributed by atoms with E-state index in [1.807, 2.05) is 6.07 Å². The van der Waals surface area contributed by atoms with Crippen LogP contribution in [0.4, 0.5) is 0 Å². The average Bonchev–Trinajstić information content (AvgIpc) is 2.26. The normalized spacial score (nSPS) is 9.40. The van der Waals surface area contributed by atoms with Crippen molar-refractivity contribution in [1.29, 1.82) is 5.26 Å². The van der Waals surface area contributed by atoms with Crippen molar-refractivity contribution in [2.45, 2.75) is 0 Å². The van der Waals surface area contributed by atoms with Crippen molar-refractivity contribution < 1.29 is 14.6 Å². The molecule has 1 N–H and O–H groups in total. The second-order valence-corrected chi connectivity index (χ2v) is 3.31. The Morgan fingerprint density at radius 3 is 2.80 bits per heavy atom. The van der Waals surface area contributed by atoms with Crippen LogP contribution in [0.3, 0.4) is 0 Å². The number of carbonyl (C=O) groups is 1. The van der Waals surface area contributed by atoms with Crippen LogP contribution in [0, 0.1) is 11.3 Å². The van der Waals surface area contributed by atoms with Crippen molar-refractivity contribution in [3.05, 3.63) is 23.3 Å². The quantitative estimate of drug-likeness (QED) is 0.672. The Kier molecular flexibility index (Phi) is 3.69. The highest BCUT2D eigenvalue weighted by Gasteiger charge is 2.13. The number of carbonyl (C=O) groups excluding carboxylic acids is 1. The summed E-state index contributed by atoms with van der Waals surface area (Å²) >= 11 is 3.01. The van der Waals surface area contributed by atoms with Gasteiger partial charge in [-0.25, -0.2) is 0 Å². The SMILES string of the molecule is COc1c(O)cc(C(=O)CBr)cc1C#N. The highest BCUT2D eigenvalue weighted by Crippen LogP contribution is 2.31. The zero-order valence-electron chi connectivity index (χ0n) is 7.95. The van der Waals surface area contributed by atoms with E-state index in [0.717, 1.165) is 0 Å². The van der Waals surface area contributed by atoms with Crippen molar-refractivity contribution in [3.8, 4) is 17.6 Å². The van der Waals surface area contributed by atoms with Gasteiger partial charge in [0.2, 0.25) is 0 Å². The first-order chi connectivity index (χ1) is 7.13. The monoisotopic (exact) mass is 269 g/mol. The molecule has 0 unspecified atom stereocenters. The third-order valence-electron chi connectivity index (χ3n) is 1.84. The lowest BCUT2D eigenvalue weighted by atomic mass is 10.1. The molecule has 0 aliphatic heterocycles. The van der Waals surface area contributed by atoms with Gasteiger partial charge in [0.25, 0.3) is 0 Å². The fourth-order valence-electron chi connectivity index (χ4n) is 1.15. The number of phenolic OH excluding ortho intramolecular Hbond substituents is 1. The molecule has 0 saturated heterocycles. The van der Waals surface area contributed by atoms with Crippen molar-refractivity contribution in [3.63, 3.8) is 0 Å². The molecule has 0 bridgehead atoms. The van der Waals surface area contributed by atoms with Crippen LogP contribution in [0.15, 0.2) is 12.1 Å². The van der Waals surface area contributed by atoms with E-state index in [9.17, 15) is 9.90 Å². The van der Waals surface area contributed by atoms with Crippen molar-refractivity contribution in [2.75, 3.05) is 12.4 Å². The summed E-state index contributed by atoms with van der Waals surface area (Å²) in [6.07, 6.45) is 0. The van der Waals surface area contributed by atoms with Crippen LogP contribution in [0.5, 0.6) is 11.5 Å². The zero-order chi connectivity index (χ0) is 11.4. The van der Waals surface area contributed by atoms with Gasteiger partial charge in [0.1, 0.15) is 6.07 Å². The molecule has 0 fully saturated rings. The summed E-state index contributed by atoms with van der Waals surface area (Å²) in [6, 6.07) is 4.53. The minimum Gasteiger partial charge on any atom is -0.504 e. The minimum absolute atomic E-state index is 0.0867. The summed E-state index contributed by atoms with van der Waals surface area (Å²) in [5.74, 6) is -0.325. The molecule has 78 valence electrons. The highest BCUT2D eigenvalue weighted by atomic mass is 79.9. The van der Waals surface area contributed by atoms with Crippen LogP contribution >= 0.6 is 15.9 Å². The molecule has 0 aromatic heterocycles. The number of rotatable bonds is 3. The minimum atomic E-state index is -0.208. The van der Waals surface area contributed by atoms with Crippen LogP contribution in [-0.4, -0.2) is 23.3 Å². The molecule has 0 amide bonds. The van der Waals surface area contributed by atoms with E-state index in [4.69, 9.17) is 10.00 Å². The molecule has 0 spiro atoms. The maximum Gasteiger partial charge on any atom is 0.178 e. The Balaban J connectivity index is 3.33. The highest BCUT2D eigenvalue weighted by molar-refractivity contribution is 9.09. The Bertz CT molecular complexity index is 437. The van der Waals surface area contributed by atoms with E-state index < -0.39 is 0 Å². The third kappa shape index (κ3) is 2.28. The number of halogens is 1. The lowest BCUT2D eigenvalue weighted by Crippen LogP contribution is -2.01. The van der Waals surface area contributed by atoms with Crippen molar-refractivity contribution in [1.82, 2.24) is 0 Å². The lowest BCUT2D eigenvalue weighted by molar-refractivity contribution is 0.102. The van der Waals surface area contributed by atoms with Crippen molar-refractivity contribution in [2.24, 2.45) is 0 Å². The van der Waals surface area contributed by atoms with Crippen LogP contribution in [0.1, 0.15) is 15.9 Å². The first-order valence-electron chi connectivity index (χ1n) is 4.04. The summed E-state index contributed by atoms with van der Waals surface area (Å²) in [5.41, 5.74) is 0.420. The Morgan fingerprint density at radius 1 is 1.67 bits per heavy atom. The van der Waals surface area contributed by atoms with E-state index in [2.05, 4.69) is 15.9 Å². The largest absolute Gasteiger partial charge is 0.504 e. The summed E-state index contributed by atoms with van der Waals surface area (Å²) in [4.78, 5) is 11.3. The molecular weight excluding hydrogens is 262 g/mol. The van der Waals surface area contributed by atoms with Crippen molar-refractivity contribution >= 4 is 21.7 Å². The topological polar surface area (TPSA) is 70.3 Å². The molecule has 1 rings (SSSR count). The van der Waals surface area contributed by atoms with E-state index in [1.165, 1.54) is 19.2 Å². The predicted octanol–water partition coefficient (Wildman–Crippen LogP) is 1.85. The Morgan fingerprint density at radius 2 is 2.33 bits per heavy atom. The van der Waals surface area contributed by atoms with Gasteiger partial charge in [-0.3, -0.25) is 4.79 Å². The fourth-order valence-corrected chi connectivity index (χ4v) is 1.47. The smallest absolute Gasteiger partial charge is 0.178 e. The van der Waals surface area contributed by atoms with E-state index >= 15 is 0 Å². The standard InChI is InChI=1S/C10H8BrNO3/c1-15-10-7(5-12)2-6(3-8(10)13)9(14)4-11/h2-3,13H,4H2,1H3. The number of Topliss-reactive ketones (excluding diaryl/α,β-unsaturated/α-hetero) is 1. The number of aromatic hydroxyl groups is 1. The lowest BCUT2D eigenvalue weighted by Gasteiger charge is -2.07. The summed E-state index contributed by atoms with van der Waals surface area (Å²) in [7, 11) is 1.35. The molecule has 1 aromatic carbocycles. The number of phenols is 1. The Labute approximate surface area is 95.2 Å². The van der Waals surface area contributed by atoms with Gasteiger partial charge in [0.15, 0.2) is 17.3 Å². The molecule has 0 aliphatic carbocycles. The summed E-state index contributed by atoms with van der Waals surface area (Å²) in [5, 5.41) is 18.4. The van der Waals surface area contributed by atoms with Crippen LogP contribution in [-0.2, 0) is 0 Å². The number of ether oxygens (including phenoxy) is 1. The molecule has 0 atom stereocenters. The van der Waals surface area contributed by atoms with Gasteiger partial charge in [-0.2, -0.15) is 5.26 Å². The summed E-state index contributed by atoms with van der Waals surface area (Å²) in [6.45, 7) is 0. The number of nitriles is 1. The second kappa shape index (κ2) is 4.80. The molecule has 5 heteroatoms. The summed E-state index contributed by atoms with van der Waals surface area (Å²) < 4.78 is 4.84. The van der Waals surface area contributed by atoms with Crippen LogP contribution in [0.2, 0.25) is 0 Å². The van der Waals surface area contributed by atoms with Crippen LogP contribution < -0.4 is 4.74 Å². The molecule has 0 aliphatic rings. The Hall–Kier alpha value is -1.54. The van der Waals surface area contributed by atoms with Crippen LogP contribution in [0.25, 0.3) is 0 Å². The predicted molar refractivity (Wildman–Crippen MR) is 57.5 cm³/mol. The first-order valence-corrected chi connectivity index (χ1v) is 5.16. The fraction of sp³-hybridized carbons (Fsp3) is 0.200. The average molecular weight is 270 g/mol. The van der Waals surface area contributed by atoms with E-state index in [1.54, 1.807) is 0 Å². The molecule has 15 heavy (non-hydrogen) atoms. The number of hydrogen-bond donors (Lipinski definition) is 1. The van der Waals surface area contributed by atoms with Gasteiger partial charge in [0, 0.05) is 5.56 Å². The molecule has 1 aromatic rings. The maximum absolute atomic E-state index is 11.3. The van der Waals surface area contributed by atoms with Gasteiger partial charge in [-0.1, -0.05) is 15.9 Å². The maximum atomic E-state index is 11.3. The molecule has 0 saturated carbocycles. The van der Waals surface area contributed by atoms with E-state index in [-0.39, 0.29) is 33.7 Å². The number of methoxy groups -OCH3 is 1. The molecule has 0 radical (unpaired) electrons. The molecule has 0 heterocycles. The number of ketones is 1. The molecule has 4 nitrogen and oxygen atoms in total.